The van der Waals surface area contributed by atoms with Gasteiger partial charge in [0.15, 0.2) is 5.16 Å². The summed E-state index contributed by atoms with van der Waals surface area (Å²) in [5.74, 6) is 1.02. The Morgan fingerprint density at radius 2 is 2.39 bits per heavy atom. The molecule has 0 bridgehead atoms. The summed E-state index contributed by atoms with van der Waals surface area (Å²) in [6.45, 7) is 5.18. The first kappa shape index (κ1) is 13.7. The maximum atomic E-state index is 11.5. The lowest BCUT2D eigenvalue weighted by Crippen LogP contribution is -2.21. The van der Waals surface area contributed by atoms with Crippen LogP contribution in [0.25, 0.3) is 0 Å². The van der Waals surface area contributed by atoms with Gasteiger partial charge in [-0.2, -0.15) is 0 Å². The molecule has 2 rings (SSSR count). The SMILES string of the molecule is CC(C)n1c(SCCCC2CCCN2)n[nH]c1=O. The van der Waals surface area contributed by atoms with Gasteiger partial charge in [-0.15, -0.1) is 5.10 Å². The summed E-state index contributed by atoms with van der Waals surface area (Å²) in [6, 6.07) is 0.868. The van der Waals surface area contributed by atoms with Crippen LogP contribution in [0.1, 0.15) is 45.6 Å². The number of H-pyrrole nitrogens is 1. The summed E-state index contributed by atoms with van der Waals surface area (Å²) in [7, 11) is 0. The van der Waals surface area contributed by atoms with Crippen molar-refractivity contribution in [2.75, 3.05) is 12.3 Å². The van der Waals surface area contributed by atoms with Crippen LogP contribution >= 0.6 is 11.8 Å². The molecule has 0 aliphatic carbocycles. The van der Waals surface area contributed by atoms with E-state index < -0.39 is 0 Å². The van der Waals surface area contributed by atoms with E-state index in [4.69, 9.17) is 0 Å². The molecule has 0 saturated carbocycles. The fraction of sp³-hybridized carbons (Fsp3) is 0.833. The van der Waals surface area contributed by atoms with E-state index in [1.165, 1.54) is 32.2 Å². The summed E-state index contributed by atoms with van der Waals surface area (Å²) in [5, 5.41) is 10.9. The maximum absolute atomic E-state index is 11.5. The van der Waals surface area contributed by atoms with Crippen LogP contribution in [0.3, 0.4) is 0 Å². The fourth-order valence-corrected chi connectivity index (χ4v) is 3.38. The smallest absolute Gasteiger partial charge is 0.314 e. The number of nitrogens with one attached hydrogen (secondary N) is 2. The van der Waals surface area contributed by atoms with E-state index in [1.807, 2.05) is 13.8 Å². The second kappa shape index (κ2) is 6.43. The second-order valence-corrected chi connectivity index (χ2v) is 6.12. The quantitative estimate of drug-likeness (QED) is 0.611. The monoisotopic (exact) mass is 270 g/mol. The number of nitrogens with zero attached hydrogens (tertiary/aromatic N) is 2. The molecule has 0 spiro atoms. The summed E-state index contributed by atoms with van der Waals surface area (Å²) in [4.78, 5) is 11.5. The zero-order chi connectivity index (χ0) is 13.0. The van der Waals surface area contributed by atoms with Crippen LogP contribution in [0.5, 0.6) is 0 Å². The zero-order valence-corrected chi connectivity index (χ0v) is 11.9. The van der Waals surface area contributed by atoms with Crippen LogP contribution in [0, 0.1) is 0 Å². The summed E-state index contributed by atoms with van der Waals surface area (Å²) in [5.41, 5.74) is -0.107. The number of rotatable bonds is 6. The predicted molar refractivity (Wildman–Crippen MR) is 74.2 cm³/mol. The van der Waals surface area contributed by atoms with Crippen molar-refractivity contribution in [1.29, 1.82) is 0 Å². The maximum Gasteiger partial charge on any atom is 0.344 e. The highest BCUT2D eigenvalue weighted by molar-refractivity contribution is 7.99. The van der Waals surface area contributed by atoms with Gasteiger partial charge in [-0.3, -0.25) is 4.57 Å². The first-order valence-corrected chi connectivity index (χ1v) is 7.70. The zero-order valence-electron chi connectivity index (χ0n) is 11.1. The molecule has 1 aromatic rings. The molecule has 1 unspecified atom stereocenters. The van der Waals surface area contributed by atoms with Gasteiger partial charge in [0, 0.05) is 17.8 Å². The predicted octanol–water partition coefficient (Wildman–Crippen LogP) is 1.78. The topological polar surface area (TPSA) is 62.7 Å². The van der Waals surface area contributed by atoms with E-state index in [0.29, 0.717) is 6.04 Å². The average molecular weight is 270 g/mol. The van der Waals surface area contributed by atoms with E-state index in [1.54, 1.807) is 16.3 Å². The van der Waals surface area contributed by atoms with Crippen LogP contribution in [-0.2, 0) is 0 Å². The molecule has 1 aliphatic rings. The van der Waals surface area contributed by atoms with E-state index in [2.05, 4.69) is 15.5 Å². The van der Waals surface area contributed by atoms with Crippen molar-refractivity contribution in [2.45, 2.75) is 56.8 Å². The molecule has 2 heterocycles. The van der Waals surface area contributed by atoms with Crippen LogP contribution in [0.2, 0.25) is 0 Å². The van der Waals surface area contributed by atoms with Gasteiger partial charge in [-0.05, 0) is 46.1 Å². The number of aromatic nitrogens is 3. The van der Waals surface area contributed by atoms with E-state index in [-0.39, 0.29) is 11.7 Å². The highest BCUT2D eigenvalue weighted by Gasteiger charge is 2.14. The van der Waals surface area contributed by atoms with Gasteiger partial charge in [0.2, 0.25) is 0 Å². The molecule has 5 nitrogen and oxygen atoms in total. The Balaban J connectivity index is 1.77. The molecule has 0 amide bonds. The minimum absolute atomic E-state index is 0.107. The first-order chi connectivity index (χ1) is 8.68. The molecule has 1 atom stereocenters. The third kappa shape index (κ3) is 3.38. The van der Waals surface area contributed by atoms with Crippen molar-refractivity contribution >= 4 is 11.8 Å². The molecule has 1 fully saturated rings. The van der Waals surface area contributed by atoms with Gasteiger partial charge < -0.3 is 5.32 Å². The minimum Gasteiger partial charge on any atom is -0.314 e. The Labute approximate surface area is 112 Å². The second-order valence-electron chi connectivity index (χ2n) is 5.06. The summed E-state index contributed by atoms with van der Waals surface area (Å²) < 4.78 is 1.72. The summed E-state index contributed by atoms with van der Waals surface area (Å²) >= 11 is 1.67. The average Bonchev–Trinajstić information content (AvgIpc) is 2.94. The minimum atomic E-state index is -0.107. The van der Waals surface area contributed by atoms with Crippen molar-refractivity contribution in [1.82, 2.24) is 20.1 Å². The van der Waals surface area contributed by atoms with Gasteiger partial charge in [0.05, 0.1) is 0 Å². The molecule has 1 saturated heterocycles. The number of thioether (sulfide) groups is 1. The third-order valence-corrected chi connectivity index (χ3v) is 4.32. The molecule has 18 heavy (non-hydrogen) atoms. The lowest BCUT2D eigenvalue weighted by molar-refractivity contribution is 0.532. The Morgan fingerprint density at radius 3 is 3.06 bits per heavy atom. The Morgan fingerprint density at radius 1 is 1.56 bits per heavy atom. The molecule has 102 valence electrons. The van der Waals surface area contributed by atoms with Crippen LogP contribution < -0.4 is 11.0 Å². The van der Waals surface area contributed by atoms with E-state index in [9.17, 15) is 4.79 Å². The van der Waals surface area contributed by atoms with Crippen molar-refractivity contribution in [3.63, 3.8) is 0 Å². The normalized spacial score (nSPS) is 19.8. The number of aromatic amines is 1. The van der Waals surface area contributed by atoms with Crippen molar-refractivity contribution in [2.24, 2.45) is 0 Å². The Hall–Kier alpha value is -0.750. The van der Waals surface area contributed by atoms with Crippen molar-refractivity contribution < 1.29 is 0 Å². The van der Waals surface area contributed by atoms with E-state index in [0.717, 1.165) is 10.9 Å². The van der Waals surface area contributed by atoms with Gasteiger partial charge in [0.25, 0.3) is 0 Å². The Kier molecular flexibility index (Phi) is 4.88. The lowest BCUT2D eigenvalue weighted by Gasteiger charge is -2.10. The van der Waals surface area contributed by atoms with Crippen molar-refractivity contribution in [3.8, 4) is 0 Å². The molecular formula is C12H22N4OS. The van der Waals surface area contributed by atoms with Crippen LogP contribution in [0.15, 0.2) is 9.95 Å². The molecule has 0 radical (unpaired) electrons. The molecular weight excluding hydrogens is 248 g/mol. The lowest BCUT2D eigenvalue weighted by atomic mass is 10.1. The van der Waals surface area contributed by atoms with Crippen LogP contribution in [-0.4, -0.2) is 33.1 Å². The molecule has 2 N–H and O–H groups in total. The van der Waals surface area contributed by atoms with Crippen LogP contribution in [0.4, 0.5) is 0 Å². The van der Waals surface area contributed by atoms with Gasteiger partial charge >= 0.3 is 5.69 Å². The standard InChI is InChI=1S/C12H22N4OS/c1-9(2)16-11(17)14-15-12(16)18-8-4-6-10-5-3-7-13-10/h9-10,13H,3-8H2,1-2H3,(H,14,17). The van der Waals surface area contributed by atoms with E-state index >= 15 is 0 Å². The largest absolute Gasteiger partial charge is 0.344 e. The van der Waals surface area contributed by atoms with Crippen molar-refractivity contribution in [3.05, 3.63) is 10.5 Å². The van der Waals surface area contributed by atoms with Gasteiger partial charge in [-0.25, -0.2) is 9.89 Å². The number of hydrogen-bond acceptors (Lipinski definition) is 4. The highest BCUT2D eigenvalue weighted by atomic mass is 32.2. The Bertz CT molecular complexity index is 420. The fourth-order valence-electron chi connectivity index (χ4n) is 2.34. The number of hydrogen-bond donors (Lipinski definition) is 2. The molecule has 6 heteroatoms. The molecule has 1 aliphatic heterocycles. The first-order valence-electron chi connectivity index (χ1n) is 6.71. The third-order valence-electron chi connectivity index (χ3n) is 3.28. The highest BCUT2D eigenvalue weighted by Crippen LogP contribution is 2.19. The molecule has 0 aromatic carbocycles. The van der Waals surface area contributed by atoms with Gasteiger partial charge in [-0.1, -0.05) is 11.8 Å². The van der Waals surface area contributed by atoms with Gasteiger partial charge in [0.1, 0.15) is 0 Å². The molecule has 1 aromatic heterocycles. The summed E-state index contributed by atoms with van der Waals surface area (Å²) in [6.07, 6.45) is 5.01.